The summed E-state index contributed by atoms with van der Waals surface area (Å²) in [4.78, 5) is 19.7. The van der Waals surface area contributed by atoms with Gasteiger partial charge in [0.05, 0.1) is 5.60 Å². The summed E-state index contributed by atoms with van der Waals surface area (Å²) < 4.78 is 19.3. The monoisotopic (exact) mass is 511 g/mol. The zero-order chi connectivity index (χ0) is 27.1. The number of benzene rings is 2. The van der Waals surface area contributed by atoms with E-state index in [0.717, 1.165) is 38.3 Å². The summed E-state index contributed by atoms with van der Waals surface area (Å²) in [5, 5.41) is 11.5. The van der Waals surface area contributed by atoms with E-state index >= 15 is 0 Å². The Bertz CT molecular complexity index is 1030. The molecule has 0 aliphatic carbocycles. The molecule has 0 spiro atoms. The smallest absolute Gasteiger partial charge is 0.410 e. The minimum absolute atomic E-state index is 0.254. The molecule has 1 atom stereocenters. The topological polar surface area (TPSA) is 56.2 Å². The highest BCUT2D eigenvalue weighted by atomic mass is 19.1. The maximum absolute atomic E-state index is 13.5. The molecule has 0 saturated carbocycles. The lowest BCUT2D eigenvalue weighted by molar-refractivity contribution is 0.00169. The standard InChI is InChI=1S/C30H42FN3O3/c1-6-15-30(36,26-11-13-27(31)14-12-26)16-17-34(28(35)37-29(2,3)4)23-25-10-8-7-9-24(25)22-33-20-18-32(5)19-21-33/h6-14,36H,1,15-23H2,2-5H3. The summed E-state index contributed by atoms with van der Waals surface area (Å²) in [6.07, 6.45) is 1.75. The fourth-order valence-corrected chi connectivity index (χ4v) is 4.56. The molecule has 0 bridgehead atoms. The van der Waals surface area contributed by atoms with Crippen LogP contribution in [0.25, 0.3) is 0 Å². The van der Waals surface area contributed by atoms with E-state index in [0.29, 0.717) is 12.1 Å². The molecule has 7 heteroatoms. The Kier molecular flexibility index (Phi) is 9.87. The largest absolute Gasteiger partial charge is 0.444 e. The predicted molar refractivity (Wildman–Crippen MR) is 146 cm³/mol. The summed E-state index contributed by atoms with van der Waals surface area (Å²) >= 11 is 0. The van der Waals surface area contributed by atoms with Gasteiger partial charge in [0, 0.05) is 45.8 Å². The van der Waals surface area contributed by atoms with Crippen molar-refractivity contribution < 1.29 is 19.0 Å². The molecule has 1 fully saturated rings. The molecule has 2 aromatic carbocycles. The van der Waals surface area contributed by atoms with Gasteiger partial charge in [-0.1, -0.05) is 42.5 Å². The zero-order valence-electron chi connectivity index (χ0n) is 22.8. The quantitative estimate of drug-likeness (QED) is 0.447. The number of rotatable bonds is 10. The van der Waals surface area contributed by atoms with Crippen LogP contribution in [0, 0.1) is 5.82 Å². The number of hydrogen-bond acceptors (Lipinski definition) is 5. The molecule has 1 saturated heterocycles. The van der Waals surface area contributed by atoms with Crippen molar-refractivity contribution in [3.05, 3.63) is 83.7 Å². The molecular formula is C30H42FN3O3. The van der Waals surface area contributed by atoms with Crippen molar-refractivity contribution in [3.8, 4) is 0 Å². The van der Waals surface area contributed by atoms with Crippen LogP contribution in [0.1, 0.15) is 50.3 Å². The lowest BCUT2D eigenvalue weighted by atomic mass is 9.87. The third-order valence-electron chi connectivity index (χ3n) is 6.78. The van der Waals surface area contributed by atoms with Gasteiger partial charge in [-0.05, 0) is 69.5 Å². The highest BCUT2D eigenvalue weighted by molar-refractivity contribution is 5.68. The Balaban J connectivity index is 1.81. The SMILES string of the molecule is C=CCC(O)(CCN(Cc1ccccc1CN1CCN(C)CC1)C(=O)OC(C)(C)C)c1ccc(F)cc1. The van der Waals surface area contributed by atoms with Crippen LogP contribution in [-0.4, -0.2) is 71.3 Å². The van der Waals surface area contributed by atoms with Gasteiger partial charge in [0.15, 0.2) is 0 Å². The Labute approximate surface area is 221 Å². The van der Waals surface area contributed by atoms with E-state index in [4.69, 9.17) is 4.74 Å². The van der Waals surface area contributed by atoms with Crippen molar-refractivity contribution >= 4 is 6.09 Å². The molecule has 2 aromatic rings. The van der Waals surface area contributed by atoms with Crippen LogP contribution >= 0.6 is 0 Å². The Morgan fingerprint density at radius 3 is 2.30 bits per heavy atom. The average Bonchev–Trinajstić information content (AvgIpc) is 2.83. The molecule has 1 aliphatic rings. The highest BCUT2D eigenvalue weighted by Crippen LogP contribution is 2.30. The van der Waals surface area contributed by atoms with Crippen molar-refractivity contribution in [2.24, 2.45) is 0 Å². The second-order valence-corrected chi connectivity index (χ2v) is 11.0. The molecule has 1 heterocycles. The zero-order valence-corrected chi connectivity index (χ0v) is 22.8. The van der Waals surface area contributed by atoms with Gasteiger partial charge in [-0.25, -0.2) is 9.18 Å². The number of ether oxygens (including phenoxy) is 1. The van der Waals surface area contributed by atoms with Crippen molar-refractivity contribution in [2.45, 2.75) is 57.9 Å². The lowest BCUT2D eigenvalue weighted by Crippen LogP contribution is -2.44. The van der Waals surface area contributed by atoms with Crippen LogP contribution in [0.15, 0.2) is 61.2 Å². The molecule has 0 radical (unpaired) electrons. The van der Waals surface area contributed by atoms with Crippen LogP contribution in [0.2, 0.25) is 0 Å². The number of hydrogen-bond donors (Lipinski definition) is 1. The molecule has 1 unspecified atom stereocenters. The average molecular weight is 512 g/mol. The van der Waals surface area contributed by atoms with Crippen LogP contribution < -0.4 is 0 Å². The van der Waals surface area contributed by atoms with Crippen LogP contribution in [0.5, 0.6) is 0 Å². The number of halogens is 1. The van der Waals surface area contributed by atoms with Crippen molar-refractivity contribution in [3.63, 3.8) is 0 Å². The Hall–Kier alpha value is -2.74. The molecule has 1 amide bonds. The van der Waals surface area contributed by atoms with E-state index < -0.39 is 17.3 Å². The maximum Gasteiger partial charge on any atom is 0.410 e. The van der Waals surface area contributed by atoms with E-state index in [1.165, 1.54) is 17.7 Å². The van der Waals surface area contributed by atoms with Crippen molar-refractivity contribution in [1.29, 1.82) is 0 Å². The third-order valence-corrected chi connectivity index (χ3v) is 6.78. The number of carbonyl (C=O) groups is 1. The molecule has 1 aliphatic heterocycles. The first kappa shape index (κ1) is 28.8. The number of carbonyl (C=O) groups excluding carboxylic acids is 1. The first-order chi connectivity index (χ1) is 17.5. The normalized spacial score (nSPS) is 16.7. The summed E-state index contributed by atoms with van der Waals surface area (Å²) in [6, 6.07) is 14.0. The molecule has 6 nitrogen and oxygen atoms in total. The highest BCUT2D eigenvalue weighted by Gasteiger charge is 2.31. The number of nitrogens with zero attached hydrogens (tertiary/aromatic N) is 3. The molecule has 0 aromatic heterocycles. The summed E-state index contributed by atoms with van der Waals surface area (Å²) in [6.45, 7) is 14.9. The van der Waals surface area contributed by atoms with E-state index in [-0.39, 0.29) is 25.2 Å². The molecular weight excluding hydrogens is 469 g/mol. The van der Waals surface area contributed by atoms with Gasteiger partial charge in [-0.15, -0.1) is 6.58 Å². The van der Waals surface area contributed by atoms with Gasteiger partial charge in [0.1, 0.15) is 11.4 Å². The molecule has 1 N–H and O–H groups in total. The molecule has 3 rings (SSSR count). The van der Waals surface area contributed by atoms with Gasteiger partial charge < -0.3 is 19.6 Å². The summed E-state index contributed by atoms with van der Waals surface area (Å²) in [7, 11) is 2.14. The Morgan fingerprint density at radius 1 is 1.08 bits per heavy atom. The fraction of sp³-hybridized carbons (Fsp3) is 0.500. The van der Waals surface area contributed by atoms with Gasteiger partial charge in [0.2, 0.25) is 0 Å². The summed E-state index contributed by atoms with van der Waals surface area (Å²) in [5.74, 6) is -0.364. The second-order valence-electron chi connectivity index (χ2n) is 11.0. The van der Waals surface area contributed by atoms with Crippen molar-refractivity contribution in [2.75, 3.05) is 39.8 Å². The fourth-order valence-electron chi connectivity index (χ4n) is 4.56. The minimum Gasteiger partial charge on any atom is -0.444 e. The molecule has 37 heavy (non-hydrogen) atoms. The van der Waals surface area contributed by atoms with Crippen LogP contribution in [-0.2, 0) is 23.4 Å². The van der Waals surface area contributed by atoms with Gasteiger partial charge >= 0.3 is 6.09 Å². The first-order valence-electron chi connectivity index (χ1n) is 13.0. The molecule has 202 valence electrons. The minimum atomic E-state index is -1.28. The predicted octanol–water partition coefficient (Wildman–Crippen LogP) is 5.16. The summed E-state index contributed by atoms with van der Waals surface area (Å²) in [5.41, 5.74) is 0.896. The van der Waals surface area contributed by atoms with Gasteiger partial charge in [0.25, 0.3) is 0 Å². The van der Waals surface area contributed by atoms with Crippen LogP contribution in [0.4, 0.5) is 9.18 Å². The number of likely N-dealkylation sites (N-methyl/N-ethyl adjacent to an activating group) is 1. The van der Waals surface area contributed by atoms with E-state index in [1.54, 1.807) is 23.1 Å². The lowest BCUT2D eigenvalue weighted by Gasteiger charge is -2.34. The van der Waals surface area contributed by atoms with E-state index in [2.05, 4.69) is 35.6 Å². The number of amides is 1. The van der Waals surface area contributed by atoms with Gasteiger partial charge in [-0.3, -0.25) is 4.90 Å². The Morgan fingerprint density at radius 2 is 1.70 bits per heavy atom. The first-order valence-corrected chi connectivity index (χ1v) is 13.0. The van der Waals surface area contributed by atoms with E-state index in [1.807, 2.05) is 32.9 Å². The van der Waals surface area contributed by atoms with Gasteiger partial charge in [-0.2, -0.15) is 0 Å². The third kappa shape index (κ3) is 8.66. The number of aliphatic hydroxyl groups is 1. The maximum atomic E-state index is 13.5. The second kappa shape index (κ2) is 12.7. The van der Waals surface area contributed by atoms with Crippen LogP contribution in [0.3, 0.4) is 0 Å². The number of piperazine rings is 1. The van der Waals surface area contributed by atoms with E-state index in [9.17, 15) is 14.3 Å². The van der Waals surface area contributed by atoms with Crippen molar-refractivity contribution in [1.82, 2.24) is 14.7 Å².